The number of nitrogens with two attached hydrogens (primary N) is 1. The Morgan fingerprint density at radius 3 is 2.89 bits per heavy atom. The minimum Gasteiger partial charge on any atom is -0.497 e. The maximum atomic E-state index is 6.29. The number of ether oxygens (including phenoxy) is 2. The molecule has 1 aromatic heterocycles. The van der Waals surface area contributed by atoms with Crippen LogP contribution in [0.1, 0.15) is 34.6 Å². The van der Waals surface area contributed by atoms with Gasteiger partial charge < -0.3 is 15.2 Å². The predicted octanol–water partition coefficient (Wildman–Crippen LogP) is 3.59. The van der Waals surface area contributed by atoms with Crippen molar-refractivity contribution >= 4 is 11.3 Å². The van der Waals surface area contributed by atoms with Gasteiger partial charge in [0.25, 0.3) is 0 Å². The van der Waals surface area contributed by atoms with Gasteiger partial charge in [-0.1, -0.05) is 0 Å². The molecule has 0 fully saturated rings. The van der Waals surface area contributed by atoms with Crippen LogP contribution < -0.4 is 15.2 Å². The van der Waals surface area contributed by atoms with Crippen molar-refractivity contribution in [2.45, 2.75) is 25.5 Å². The summed E-state index contributed by atoms with van der Waals surface area (Å²) in [6.45, 7) is 2.12. The molecule has 2 N–H and O–H groups in total. The van der Waals surface area contributed by atoms with Crippen LogP contribution >= 0.6 is 11.3 Å². The van der Waals surface area contributed by atoms with Gasteiger partial charge in [-0.3, -0.25) is 0 Å². The highest BCUT2D eigenvalue weighted by Gasteiger charge is 2.28. The van der Waals surface area contributed by atoms with Crippen LogP contribution in [-0.4, -0.2) is 7.11 Å². The third-order valence-corrected chi connectivity index (χ3v) is 4.66. The average molecular weight is 275 g/mol. The smallest absolute Gasteiger partial charge is 0.135 e. The Bertz CT molecular complexity index is 594. The molecule has 2 aromatic rings. The quantitative estimate of drug-likeness (QED) is 0.911. The van der Waals surface area contributed by atoms with Crippen molar-refractivity contribution in [2.75, 3.05) is 7.11 Å². The Balaban J connectivity index is 1.94. The minimum absolute atomic E-state index is 0.00894. The molecule has 2 heterocycles. The first-order valence-corrected chi connectivity index (χ1v) is 7.21. The summed E-state index contributed by atoms with van der Waals surface area (Å²) < 4.78 is 11.3. The standard InChI is InChI=1S/C15H17NO2S/c1-9-5-6-19-15(9)14-8-12(16)11-7-10(17-2)3-4-13(11)18-14/h3-7,12,14H,8,16H2,1-2H3/t12-,14?/m0/s1. The Kier molecular flexibility index (Phi) is 3.21. The van der Waals surface area contributed by atoms with E-state index >= 15 is 0 Å². The topological polar surface area (TPSA) is 44.5 Å². The molecular weight excluding hydrogens is 258 g/mol. The Hall–Kier alpha value is -1.52. The van der Waals surface area contributed by atoms with Crippen molar-refractivity contribution < 1.29 is 9.47 Å². The lowest BCUT2D eigenvalue weighted by Gasteiger charge is -2.30. The first-order chi connectivity index (χ1) is 9.19. The molecular formula is C15H17NO2S. The molecule has 2 atom stereocenters. The second-order valence-electron chi connectivity index (χ2n) is 4.82. The molecule has 1 aromatic carbocycles. The highest BCUT2D eigenvalue weighted by Crippen LogP contribution is 2.42. The number of methoxy groups -OCH3 is 1. The molecule has 0 bridgehead atoms. The first-order valence-electron chi connectivity index (χ1n) is 6.33. The lowest BCUT2D eigenvalue weighted by Crippen LogP contribution is -2.24. The largest absolute Gasteiger partial charge is 0.497 e. The van der Waals surface area contributed by atoms with Crippen LogP contribution in [0.5, 0.6) is 11.5 Å². The van der Waals surface area contributed by atoms with Crippen LogP contribution in [0.15, 0.2) is 29.6 Å². The lowest BCUT2D eigenvalue weighted by atomic mass is 9.95. The second-order valence-corrected chi connectivity index (χ2v) is 5.77. The van der Waals surface area contributed by atoms with Gasteiger partial charge in [-0.2, -0.15) is 0 Å². The van der Waals surface area contributed by atoms with Gasteiger partial charge in [-0.25, -0.2) is 0 Å². The molecule has 0 spiro atoms. The van der Waals surface area contributed by atoms with Crippen molar-refractivity contribution in [3.8, 4) is 11.5 Å². The van der Waals surface area contributed by atoms with Crippen LogP contribution in [0.25, 0.3) is 0 Å². The van der Waals surface area contributed by atoms with E-state index in [0.717, 1.165) is 23.5 Å². The summed E-state index contributed by atoms with van der Waals surface area (Å²) in [4.78, 5) is 1.27. The zero-order valence-electron chi connectivity index (χ0n) is 11.1. The minimum atomic E-state index is -0.00894. The van der Waals surface area contributed by atoms with Gasteiger partial charge >= 0.3 is 0 Å². The molecule has 4 heteroatoms. The number of fused-ring (bicyclic) bond motifs is 1. The van der Waals surface area contributed by atoms with E-state index < -0.39 is 0 Å². The third kappa shape index (κ3) is 2.22. The SMILES string of the molecule is COc1ccc2c(c1)[C@@H](N)CC(c1sccc1C)O2. The monoisotopic (exact) mass is 275 g/mol. The molecule has 1 aliphatic heterocycles. The summed E-state index contributed by atoms with van der Waals surface area (Å²) in [6, 6.07) is 7.94. The fourth-order valence-corrected chi connectivity index (χ4v) is 3.45. The summed E-state index contributed by atoms with van der Waals surface area (Å²) in [5.74, 6) is 1.70. The number of benzene rings is 1. The highest BCUT2D eigenvalue weighted by molar-refractivity contribution is 7.10. The van der Waals surface area contributed by atoms with Gasteiger partial charge in [-0.15, -0.1) is 11.3 Å². The average Bonchev–Trinajstić information content (AvgIpc) is 2.84. The van der Waals surface area contributed by atoms with E-state index in [9.17, 15) is 0 Å². The molecule has 0 radical (unpaired) electrons. The molecule has 0 saturated carbocycles. The molecule has 0 amide bonds. The molecule has 3 rings (SSSR count). The van der Waals surface area contributed by atoms with Gasteiger partial charge in [0.2, 0.25) is 0 Å². The van der Waals surface area contributed by atoms with Crippen LogP contribution in [-0.2, 0) is 0 Å². The van der Waals surface area contributed by atoms with Crippen LogP contribution in [0, 0.1) is 6.92 Å². The Labute approximate surface area is 117 Å². The van der Waals surface area contributed by atoms with Crippen molar-refractivity contribution in [3.63, 3.8) is 0 Å². The second kappa shape index (κ2) is 4.87. The third-order valence-electron chi connectivity index (χ3n) is 3.55. The van der Waals surface area contributed by atoms with E-state index in [1.54, 1.807) is 18.4 Å². The number of aryl methyl sites for hydroxylation is 1. The van der Waals surface area contributed by atoms with Crippen LogP contribution in [0.4, 0.5) is 0 Å². The molecule has 0 aliphatic carbocycles. The zero-order valence-corrected chi connectivity index (χ0v) is 11.9. The maximum Gasteiger partial charge on any atom is 0.135 e. The fraction of sp³-hybridized carbons (Fsp3) is 0.333. The van der Waals surface area contributed by atoms with E-state index in [0.29, 0.717) is 0 Å². The summed E-state index contributed by atoms with van der Waals surface area (Å²) >= 11 is 1.74. The van der Waals surface area contributed by atoms with Gasteiger partial charge in [0, 0.05) is 22.9 Å². The summed E-state index contributed by atoms with van der Waals surface area (Å²) in [5, 5.41) is 2.10. The number of rotatable bonds is 2. The molecule has 3 nitrogen and oxygen atoms in total. The van der Waals surface area contributed by atoms with Gasteiger partial charge in [0.1, 0.15) is 17.6 Å². The van der Waals surface area contributed by atoms with E-state index in [-0.39, 0.29) is 12.1 Å². The number of hydrogen-bond donors (Lipinski definition) is 1. The normalized spacial score (nSPS) is 21.6. The van der Waals surface area contributed by atoms with Crippen LogP contribution in [0.3, 0.4) is 0 Å². The van der Waals surface area contributed by atoms with Crippen molar-refractivity contribution in [1.82, 2.24) is 0 Å². The van der Waals surface area contributed by atoms with E-state index in [1.165, 1.54) is 10.4 Å². The first kappa shape index (κ1) is 12.5. The maximum absolute atomic E-state index is 6.29. The fourth-order valence-electron chi connectivity index (χ4n) is 2.48. The highest BCUT2D eigenvalue weighted by atomic mass is 32.1. The van der Waals surface area contributed by atoms with Crippen LogP contribution in [0.2, 0.25) is 0 Å². The molecule has 1 aliphatic rings. The van der Waals surface area contributed by atoms with E-state index in [4.69, 9.17) is 15.2 Å². The molecule has 1 unspecified atom stereocenters. The van der Waals surface area contributed by atoms with Gasteiger partial charge in [0.15, 0.2) is 0 Å². The van der Waals surface area contributed by atoms with E-state index in [1.807, 2.05) is 18.2 Å². The summed E-state index contributed by atoms with van der Waals surface area (Å²) in [5.41, 5.74) is 8.59. The number of hydrogen-bond acceptors (Lipinski definition) is 4. The Morgan fingerprint density at radius 1 is 1.37 bits per heavy atom. The van der Waals surface area contributed by atoms with Crippen molar-refractivity contribution in [1.29, 1.82) is 0 Å². The van der Waals surface area contributed by atoms with Crippen molar-refractivity contribution in [3.05, 3.63) is 45.6 Å². The summed E-state index contributed by atoms with van der Waals surface area (Å²) in [6.07, 6.45) is 0.873. The predicted molar refractivity (Wildman–Crippen MR) is 77.0 cm³/mol. The zero-order chi connectivity index (χ0) is 13.4. The number of thiophene rings is 1. The van der Waals surface area contributed by atoms with Gasteiger partial charge in [0.05, 0.1) is 7.11 Å². The molecule has 0 saturated heterocycles. The summed E-state index contributed by atoms with van der Waals surface area (Å²) in [7, 11) is 1.66. The van der Waals surface area contributed by atoms with Gasteiger partial charge in [-0.05, 0) is 42.1 Å². The lowest BCUT2D eigenvalue weighted by molar-refractivity contribution is 0.164. The molecule has 100 valence electrons. The molecule has 19 heavy (non-hydrogen) atoms. The Morgan fingerprint density at radius 2 is 2.21 bits per heavy atom. The van der Waals surface area contributed by atoms with Crippen molar-refractivity contribution in [2.24, 2.45) is 5.73 Å². The van der Waals surface area contributed by atoms with E-state index in [2.05, 4.69) is 18.4 Å².